The van der Waals surface area contributed by atoms with E-state index in [1.165, 1.54) is 43.5 Å². The van der Waals surface area contributed by atoms with Gasteiger partial charge in [-0.1, -0.05) is 13.0 Å². The van der Waals surface area contributed by atoms with Gasteiger partial charge in [-0.15, -0.1) is 0 Å². The monoisotopic (exact) mass is 427 g/mol. The van der Waals surface area contributed by atoms with Gasteiger partial charge in [-0.3, -0.25) is 4.90 Å². The number of amides is 2. The Labute approximate surface area is 186 Å². The van der Waals surface area contributed by atoms with Gasteiger partial charge in [-0.2, -0.15) is 0 Å². The van der Waals surface area contributed by atoms with Gasteiger partial charge in [0.1, 0.15) is 5.75 Å². The molecule has 1 saturated carbocycles. The van der Waals surface area contributed by atoms with Gasteiger partial charge in [0.25, 0.3) is 0 Å². The number of aryl methyl sites for hydroxylation is 1. The smallest absolute Gasteiger partial charge is 0.320 e. The molecule has 6 nitrogen and oxygen atoms in total. The quantitative estimate of drug-likeness (QED) is 0.700. The Bertz CT molecular complexity index is 782. The molecule has 0 spiro atoms. The molecular weight excluding hydrogens is 390 g/mol. The minimum Gasteiger partial charge on any atom is -0.497 e. The van der Waals surface area contributed by atoms with Gasteiger partial charge in [0, 0.05) is 38.8 Å². The van der Waals surface area contributed by atoms with E-state index >= 15 is 0 Å². The van der Waals surface area contributed by atoms with E-state index in [-0.39, 0.29) is 6.03 Å². The second-order valence-corrected chi connectivity index (χ2v) is 9.80. The largest absolute Gasteiger partial charge is 0.497 e. The fraction of sp³-hybridized carbons (Fsp3) is 0.720. The van der Waals surface area contributed by atoms with Gasteiger partial charge in [0.15, 0.2) is 0 Å². The molecule has 0 N–H and O–H groups in total. The number of morpholine rings is 1. The summed E-state index contributed by atoms with van der Waals surface area (Å²) < 4.78 is 10.9. The van der Waals surface area contributed by atoms with Gasteiger partial charge < -0.3 is 19.3 Å². The van der Waals surface area contributed by atoms with Crippen molar-refractivity contribution >= 4 is 6.03 Å². The van der Waals surface area contributed by atoms with E-state index < -0.39 is 0 Å². The molecule has 0 aromatic heterocycles. The highest BCUT2D eigenvalue weighted by molar-refractivity contribution is 5.75. The van der Waals surface area contributed by atoms with Gasteiger partial charge in [-0.05, 0) is 73.2 Å². The molecule has 0 bridgehead atoms. The van der Waals surface area contributed by atoms with Crippen LogP contribution in [0.3, 0.4) is 0 Å². The number of urea groups is 1. The van der Waals surface area contributed by atoms with Gasteiger partial charge in [0.05, 0.1) is 20.3 Å². The SMILES string of the molecule is CCCN(C[C@@H]1C2CN(C(=O)N3CCOCC3)C[C@H]21)[C@@H]1CCc2ccc(OC)cc2C1. The third-order valence-electron chi connectivity index (χ3n) is 8.01. The van der Waals surface area contributed by atoms with Crippen molar-refractivity contribution in [1.82, 2.24) is 14.7 Å². The highest BCUT2D eigenvalue weighted by Crippen LogP contribution is 2.52. The maximum atomic E-state index is 12.8. The molecule has 5 rings (SSSR count). The van der Waals surface area contributed by atoms with Crippen LogP contribution in [0.4, 0.5) is 4.79 Å². The number of rotatable bonds is 6. The first-order chi connectivity index (χ1) is 15.2. The normalized spacial score (nSPS) is 29.6. The number of fused-ring (bicyclic) bond motifs is 2. The summed E-state index contributed by atoms with van der Waals surface area (Å²) in [5.74, 6) is 3.16. The standard InChI is InChI=1S/C25H37N3O3/c1-3-8-27(20-6-4-18-5-7-21(30-2)14-19(18)13-20)15-22-23-16-28(17-24(22)23)25(29)26-9-11-31-12-10-26/h5,7,14,20,22-24H,3-4,6,8-13,15-17H2,1-2H3/t20-,22-,23?,24+/m1/s1. The second kappa shape index (κ2) is 8.99. The maximum absolute atomic E-state index is 12.8. The molecule has 31 heavy (non-hydrogen) atoms. The Kier molecular flexibility index (Phi) is 6.11. The molecule has 1 unspecified atom stereocenters. The van der Waals surface area contributed by atoms with Crippen molar-refractivity contribution in [2.45, 2.75) is 38.6 Å². The topological polar surface area (TPSA) is 45.2 Å². The van der Waals surface area contributed by atoms with E-state index in [4.69, 9.17) is 9.47 Å². The van der Waals surface area contributed by atoms with Crippen molar-refractivity contribution in [3.8, 4) is 5.75 Å². The van der Waals surface area contributed by atoms with Crippen LogP contribution in [0.5, 0.6) is 5.75 Å². The van der Waals surface area contributed by atoms with Crippen LogP contribution in [-0.4, -0.2) is 86.4 Å². The average Bonchev–Trinajstić information content (AvgIpc) is 3.25. The van der Waals surface area contributed by atoms with Crippen LogP contribution in [0.15, 0.2) is 18.2 Å². The highest BCUT2D eigenvalue weighted by Gasteiger charge is 2.57. The van der Waals surface area contributed by atoms with Crippen LogP contribution in [0.1, 0.15) is 30.9 Å². The summed E-state index contributed by atoms with van der Waals surface area (Å²) in [6.45, 7) is 9.42. The summed E-state index contributed by atoms with van der Waals surface area (Å²) >= 11 is 0. The summed E-state index contributed by atoms with van der Waals surface area (Å²) in [7, 11) is 1.75. The third-order valence-corrected chi connectivity index (χ3v) is 8.01. The minimum atomic E-state index is 0.234. The molecule has 0 radical (unpaired) electrons. The number of piperidine rings is 1. The van der Waals surface area contributed by atoms with Gasteiger partial charge >= 0.3 is 6.03 Å². The molecule has 2 aliphatic carbocycles. The molecular formula is C25H37N3O3. The van der Waals surface area contributed by atoms with Crippen LogP contribution in [0.2, 0.25) is 0 Å². The van der Waals surface area contributed by atoms with Crippen LogP contribution in [0.25, 0.3) is 0 Å². The van der Waals surface area contributed by atoms with E-state index in [0.29, 0.717) is 31.1 Å². The van der Waals surface area contributed by atoms with Gasteiger partial charge in [-0.25, -0.2) is 4.79 Å². The fourth-order valence-electron chi connectivity index (χ4n) is 6.16. The zero-order valence-corrected chi connectivity index (χ0v) is 19.1. The highest BCUT2D eigenvalue weighted by atomic mass is 16.5. The van der Waals surface area contributed by atoms with Crippen LogP contribution < -0.4 is 4.74 Å². The lowest BCUT2D eigenvalue weighted by Gasteiger charge is -2.36. The number of methoxy groups -OCH3 is 1. The van der Waals surface area contributed by atoms with E-state index in [9.17, 15) is 4.79 Å². The van der Waals surface area contributed by atoms with Gasteiger partial charge in [0.2, 0.25) is 0 Å². The predicted octanol–water partition coefficient (Wildman–Crippen LogP) is 2.89. The van der Waals surface area contributed by atoms with Crippen molar-refractivity contribution in [1.29, 1.82) is 0 Å². The average molecular weight is 428 g/mol. The van der Waals surface area contributed by atoms with Crippen LogP contribution in [0, 0.1) is 17.8 Å². The van der Waals surface area contributed by atoms with Crippen molar-refractivity contribution < 1.29 is 14.3 Å². The Balaban J connectivity index is 1.17. The zero-order valence-electron chi connectivity index (χ0n) is 19.1. The molecule has 4 aliphatic rings. The summed E-state index contributed by atoms with van der Waals surface area (Å²) in [5, 5.41) is 0. The third kappa shape index (κ3) is 4.29. The molecule has 6 heteroatoms. The van der Waals surface area contributed by atoms with Crippen LogP contribution >= 0.6 is 0 Å². The Morgan fingerprint density at radius 2 is 1.94 bits per heavy atom. The lowest BCUT2D eigenvalue weighted by atomic mass is 9.87. The zero-order chi connectivity index (χ0) is 21.4. The molecule has 170 valence electrons. The molecule has 2 aliphatic heterocycles. The summed E-state index contributed by atoms with van der Waals surface area (Å²) in [6.07, 6.45) is 4.76. The molecule has 4 atom stereocenters. The van der Waals surface area contributed by atoms with E-state index in [2.05, 4.69) is 34.9 Å². The molecule has 3 fully saturated rings. The number of carbonyl (C=O) groups is 1. The number of nitrogens with zero attached hydrogens (tertiary/aromatic N) is 3. The number of hydrogen-bond donors (Lipinski definition) is 0. The molecule has 2 saturated heterocycles. The van der Waals surface area contributed by atoms with E-state index in [1.807, 2.05) is 4.90 Å². The summed E-state index contributed by atoms with van der Waals surface area (Å²) in [5.41, 5.74) is 2.96. The minimum absolute atomic E-state index is 0.234. The van der Waals surface area contributed by atoms with Crippen molar-refractivity contribution in [3.63, 3.8) is 0 Å². The number of likely N-dealkylation sites (tertiary alicyclic amines) is 1. The number of carbonyl (C=O) groups excluding carboxylic acids is 1. The molecule has 2 heterocycles. The fourth-order valence-corrected chi connectivity index (χ4v) is 6.16. The van der Waals surface area contributed by atoms with Crippen molar-refractivity contribution in [2.75, 3.05) is 59.6 Å². The lowest BCUT2D eigenvalue weighted by Crippen LogP contribution is -2.48. The molecule has 1 aromatic carbocycles. The Morgan fingerprint density at radius 1 is 1.16 bits per heavy atom. The molecule has 1 aromatic rings. The second-order valence-electron chi connectivity index (χ2n) is 9.80. The van der Waals surface area contributed by atoms with Crippen molar-refractivity contribution in [2.24, 2.45) is 17.8 Å². The first-order valence-electron chi connectivity index (χ1n) is 12.2. The lowest BCUT2D eigenvalue weighted by molar-refractivity contribution is 0.0436. The number of benzene rings is 1. The summed E-state index contributed by atoms with van der Waals surface area (Å²) in [4.78, 5) is 19.6. The first-order valence-corrected chi connectivity index (χ1v) is 12.2. The van der Waals surface area contributed by atoms with Crippen LogP contribution in [-0.2, 0) is 17.6 Å². The summed E-state index contributed by atoms with van der Waals surface area (Å²) in [6, 6.07) is 7.45. The number of hydrogen-bond acceptors (Lipinski definition) is 4. The Morgan fingerprint density at radius 3 is 2.65 bits per heavy atom. The number of ether oxygens (including phenoxy) is 2. The predicted molar refractivity (Wildman–Crippen MR) is 121 cm³/mol. The maximum Gasteiger partial charge on any atom is 0.320 e. The van der Waals surface area contributed by atoms with Crippen molar-refractivity contribution in [3.05, 3.63) is 29.3 Å². The molecule has 2 amide bonds. The van der Waals surface area contributed by atoms with E-state index in [1.54, 1.807) is 7.11 Å². The first kappa shape index (κ1) is 21.1. The van der Waals surface area contributed by atoms with E-state index in [0.717, 1.165) is 44.3 Å². The Hall–Kier alpha value is -1.79.